The fraction of sp³-hybridized carbons (Fsp3) is 1.00. The Morgan fingerprint density at radius 1 is 1.33 bits per heavy atom. The van der Waals surface area contributed by atoms with Gasteiger partial charge in [0.2, 0.25) is 0 Å². The molecule has 0 aliphatic rings. The fourth-order valence-electron chi connectivity index (χ4n) is 0.437. The lowest BCUT2D eigenvalue weighted by Crippen LogP contribution is -2.11. The monoisotopic (exact) mass is 208 g/mol. The van der Waals surface area contributed by atoms with Crippen molar-refractivity contribution in [3.63, 3.8) is 0 Å². The van der Waals surface area contributed by atoms with Gasteiger partial charge in [-0.15, -0.1) is 0 Å². The first-order valence-corrected chi connectivity index (χ1v) is 4.26. The van der Waals surface area contributed by atoms with Crippen molar-refractivity contribution in [1.82, 2.24) is 0 Å². The van der Waals surface area contributed by atoms with E-state index in [0.717, 1.165) is 0 Å². The van der Waals surface area contributed by atoms with Gasteiger partial charge in [-0.1, -0.05) is 0 Å². The smallest absolute Gasteiger partial charge is 0.264 e. The lowest BCUT2D eigenvalue weighted by atomic mass is 10.3. The lowest BCUT2D eigenvalue weighted by molar-refractivity contribution is -0.136. The zero-order chi connectivity index (χ0) is 9.83. The van der Waals surface area contributed by atoms with E-state index < -0.39 is 36.0 Å². The van der Waals surface area contributed by atoms with Gasteiger partial charge >= 0.3 is 16.6 Å². The van der Waals surface area contributed by atoms with E-state index >= 15 is 0 Å². The Hall–Kier alpha value is -0.340. The number of rotatable bonds is 4. The molecule has 0 saturated carbocycles. The van der Waals surface area contributed by atoms with Crippen LogP contribution in [0.15, 0.2) is 0 Å². The maximum Gasteiger partial charge on any atom is 0.397 e. The molecular weight excluding hydrogens is 201 g/mol. The molecule has 0 aromatic heterocycles. The molecular formula is C4H7F3O4S. The highest BCUT2D eigenvalue weighted by molar-refractivity contribution is 7.80. The van der Waals surface area contributed by atoms with E-state index in [1.165, 1.54) is 0 Å². The van der Waals surface area contributed by atoms with Crippen molar-refractivity contribution in [2.24, 2.45) is 0 Å². The fourth-order valence-corrected chi connectivity index (χ4v) is 0.765. The van der Waals surface area contributed by atoms with E-state index in [9.17, 15) is 21.6 Å². The first kappa shape index (κ1) is 11.7. The first-order chi connectivity index (χ1) is 5.21. The van der Waals surface area contributed by atoms with Gasteiger partial charge in [0.15, 0.2) is 0 Å². The SMILES string of the molecule is O=S(=O)(O)OCCCC(F)(F)F. The maximum absolute atomic E-state index is 11.4. The van der Waals surface area contributed by atoms with Crippen molar-refractivity contribution in [2.45, 2.75) is 19.0 Å². The molecule has 0 fully saturated rings. The van der Waals surface area contributed by atoms with Crippen molar-refractivity contribution < 1.29 is 30.3 Å². The maximum atomic E-state index is 11.4. The molecule has 0 atom stereocenters. The minimum Gasteiger partial charge on any atom is -0.264 e. The van der Waals surface area contributed by atoms with Crippen LogP contribution in [-0.4, -0.2) is 25.8 Å². The van der Waals surface area contributed by atoms with Crippen molar-refractivity contribution in [3.05, 3.63) is 0 Å². The van der Waals surface area contributed by atoms with Crippen LogP contribution in [0, 0.1) is 0 Å². The molecule has 0 amide bonds. The summed E-state index contributed by atoms with van der Waals surface area (Å²) in [4.78, 5) is 0. The molecule has 0 radical (unpaired) electrons. The summed E-state index contributed by atoms with van der Waals surface area (Å²) in [5, 5.41) is 0. The largest absolute Gasteiger partial charge is 0.397 e. The summed E-state index contributed by atoms with van der Waals surface area (Å²) >= 11 is 0. The Labute approximate surface area is 67.3 Å². The lowest BCUT2D eigenvalue weighted by Gasteiger charge is -2.04. The van der Waals surface area contributed by atoms with Crippen LogP contribution in [0.4, 0.5) is 13.2 Å². The van der Waals surface area contributed by atoms with Gasteiger partial charge in [-0.05, 0) is 6.42 Å². The molecule has 74 valence electrons. The van der Waals surface area contributed by atoms with Gasteiger partial charge in [-0.25, -0.2) is 4.18 Å². The van der Waals surface area contributed by atoms with Crippen molar-refractivity contribution in [2.75, 3.05) is 6.61 Å². The Kier molecular flexibility index (Phi) is 3.94. The second kappa shape index (κ2) is 4.06. The van der Waals surface area contributed by atoms with Crippen LogP contribution >= 0.6 is 0 Å². The molecule has 0 aliphatic carbocycles. The quantitative estimate of drug-likeness (QED) is 0.556. The Balaban J connectivity index is 3.48. The Morgan fingerprint density at radius 2 is 1.83 bits per heavy atom. The van der Waals surface area contributed by atoms with Crippen LogP contribution in [0.5, 0.6) is 0 Å². The minimum absolute atomic E-state index is 0.497. The molecule has 0 bridgehead atoms. The highest BCUT2D eigenvalue weighted by atomic mass is 32.3. The van der Waals surface area contributed by atoms with Crippen molar-refractivity contribution >= 4 is 10.4 Å². The highest BCUT2D eigenvalue weighted by Gasteiger charge is 2.26. The Bertz CT molecular complexity index is 219. The summed E-state index contributed by atoms with van der Waals surface area (Å²) in [5.41, 5.74) is 0. The standard InChI is InChI=1S/C4H7F3O4S/c5-4(6,7)2-1-3-11-12(8,9)10/h1-3H2,(H,8,9,10). The zero-order valence-corrected chi connectivity index (χ0v) is 6.65. The summed E-state index contributed by atoms with van der Waals surface area (Å²) in [7, 11) is -4.61. The summed E-state index contributed by atoms with van der Waals surface area (Å²) in [6.45, 7) is -0.668. The molecule has 0 aromatic rings. The third kappa shape index (κ3) is 9.66. The molecule has 1 N–H and O–H groups in total. The van der Waals surface area contributed by atoms with Crippen LogP contribution in [0.25, 0.3) is 0 Å². The normalized spacial score (nSPS) is 13.3. The highest BCUT2D eigenvalue weighted by Crippen LogP contribution is 2.21. The third-order valence-corrected chi connectivity index (χ3v) is 1.30. The molecule has 0 aliphatic heterocycles. The molecule has 0 rings (SSSR count). The first-order valence-electron chi connectivity index (χ1n) is 2.89. The van der Waals surface area contributed by atoms with E-state index in [-0.39, 0.29) is 0 Å². The number of halogens is 3. The van der Waals surface area contributed by atoms with Gasteiger partial charge in [0.05, 0.1) is 6.61 Å². The summed E-state index contributed by atoms with van der Waals surface area (Å²) in [6.07, 6.45) is -5.96. The van der Waals surface area contributed by atoms with Crippen LogP contribution in [0.3, 0.4) is 0 Å². The minimum atomic E-state index is -4.61. The van der Waals surface area contributed by atoms with Crippen LogP contribution in [0.2, 0.25) is 0 Å². The molecule has 0 heterocycles. The van der Waals surface area contributed by atoms with E-state index in [1.807, 2.05) is 0 Å². The predicted octanol–water partition coefficient (Wildman–Crippen LogP) is 1.15. The topological polar surface area (TPSA) is 63.6 Å². The Morgan fingerprint density at radius 3 is 2.17 bits per heavy atom. The van der Waals surface area contributed by atoms with Crippen molar-refractivity contribution in [3.8, 4) is 0 Å². The molecule has 0 spiro atoms. The van der Waals surface area contributed by atoms with Gasteiger partial charge < -0.3 is 0 Å². The average molecular weight is 208 g/mol. The van der Waals surface area contributed by atoms with Gasteiger partial charge in [-0.2, -0.15) is 21.6 Å². The zero-order valence-electron chi connectivity index (χ0n) is 5.84. The molecule has 0 aromatic carbocycles. The van der Waals surface area contributed by atoms with Crippen LogP contribution in [-0.2, 0) is 14.6 Å². The summed E-state index contributed by atoms with van der Waals surface area (Å²) < 4.78 is 65.4. The second-order valence-electron chi connectivity index (χ2n) is 1.97. The van der Waals surface area contributed by atoms with Gasteiger partial charge in [-0.3, -0.25) is 4.55 Å². The van der Waals surface area contributed by atoms with E-state index in [0.29, 0.717) is 0 Å². The third-order valence-electron chi connectivity index (χ3n) is 0.837. The van der Waals surface area contributed by atoms with Gasteiger partial charge in [0.1, 0.15) is 0 Å². The predicted molar refractivity (Wildman–Crippen MR) is 32.8 cm³/mol. The van der Waals surface area contributed by atoms with Crippen LogP contribution in [0.1, 0.15) is 12.8 Å². The molecule has 4 nitrogen and oxygen atoms in total. The molecule has 0 unspecified atom stereocenters. The van der Waals surface area contributed by atoms with E-state index in [4.69, 9.17) is 4.55 Å². The summed E-state index contributed by atoms with van der Waals surface area (Å²) in [5.74, 6) is 0. The average Bonchev–Trinajstić information content (AvgIpc) is 1.76. The summed E-state index contributed by atoms with van der Waals surface area (Å²) in [6, 6.07) is 0. The number of hydrogen-bond acceptors (Lipinski definition) is 3. The van der Waals surface area contributed by atoms with Gasteiger partial charge in [0, 0.05) is 6.42 Å². The van der Waals surface area contributed by atoms with E-state index in [1.54, 1.807) is 0 Å². The van der Waals surface area contributed by atoms with E-state index in [2.05, 4.69) is 4.18 Å². The number of hydrogen-bond donors (Lipinski definition) is 1. The molecule has 0 saturated heterocycles. The van der Waals surface area contributed by atoms with Crippen molar-refractivity contribution in [1.29, 1.82) is 0 Å². The number of alkyl halides is 3. The van der Waals surface area contributed by atoms with Crippen LogP contribution < -0.4 is 0 Å². The molecule has 8 heteroatoms. The van der Waals surface area contributed by atoms with Gasteiger partial charge in [0.25, 0.3) is 0 Å². The molecule has 12 heavy (non-hydrogen) atoms. The second-order valence-corrected chi connectivity index (χ2v) is 3.06.